The summed E-state index contributed by atoms with van der Waals surface area (Å²) in [7, 11) is 1.43. The Hall–Kier alpha value is -2.80. The lowest BCUT2D eigenvalue weighted by atomic mass is 9.95. The first-order valence-corrected chi connectivity index (χ1v) is 10.4. The van der Waals surface area contributed by atoms with Gasteiger partial charge in [0.1, 0.15) is 17.3 Å². The predicted molar refractivity (Wildman–Crippen MR) is 113 cm³/mol. The normalized spacial score (nSPS) is 17.1. The average Bonchev–Trinajstić information content (AvgIpc) is 2.88. The third-order valence-electron chi connectivity index (χ3n) is 5.78. The van der Waals surface area contributed by atoms with Crippen LogP contribution < -0.4 is 10.6 Å². The Labute approximate surface area is 174 Å². The maximum absolute atomic E-state index is 15.0. The number of aryl methyl sites for hydroxylation is 1. The lowest BCUT2D eigenvalue weighted by Crippen LogP contribution is -2.22. The minimum atomic E-state index is -0.783. The second kappa shape index (κ2) is 8.52. The molecule has 0 saturated carbocycles. The minimum absolute atomic E-state index is 0.0506. The van der Waals surface area contributed by atoms with E-state index >= 15 is 8.78 Å². The van der Waals surface area contributed by atoms with E-state index in [1.807, 2.05) is 29.7 Å². The Bertz CT molecular complexity index is 1060. The van der Waals surface area contributed by atoms with Gasteiger partial charge in [-0.3, -0.25) is 4.79 Å². The lowest BCUT2D eigenvalue weighted by Gasteiger charge is -2.16. The van der Waals surface area contributed by atoms with Gasteiger partial charge in [-0.05, 0) is 75.0 Å². The van der Waals surface area contributed by atoms with Gasteiger partial charge in [0.25, 0.3) is 5.91 Å². The number of aromatic nitrogens is 2. The fraction of sp³-hybridized carbons (Fsp3) is 0.391. The van der Waals surface area contributed by atoms with Crippen LogP contribution in [0.3, 0.4) is 0 Å². The Morgan fingerprint density at radius 2 is 2.03 bits per heavy atom. The highest BCUT2D eigenvalue weighted by Gasteiger charge is 2.25. The van der Waals surface area contributed by atoms with Crippen molar-refractivity contribution in [2.45, 2.75) is 32.6 Å². The van der Waals surface area contributed by atoms with Crippen LogP contribution >= 0.6 is 0 Å². The molecule has 1 aliphatic rings. The van der Waals surface area contributed by atoms with E-state index in [9.17, 15) is 4.79 Å². The summed E-state index contributed by atoms with van der Waals surface area (Å²) in [6.07, 6.45) is 5.91. The molecule has 1 amide bonds. The molecule has 3 heterocycles. The van der Waals surface area contributed by atoms with Crippen molar-refractivity contribution in [2.24, 2.45) is 5.92 Å². The highest BCUT2D eigenvalue weighted by Crippen LogP contribution is 2.32. The summed E-state index contributed by atoms with van der Waals surface area (Å²) in [6.45, 7) is 3.83. The van der Waals surface area contributed by atoms with Crippen LogP contribution in [0.5, 0.6) is 0 Å². The number of rotatable bonds is 4. The van der Waals surface area contributed by atoms with E-state index in [1.54, 1.807) is 0 Å². The van der Waals surface area contributed by atoms with Gasteiger partial charge in [0.15, 0.2) is 0 Å². The van der Waals surface area contributed by atoms with Crippen molar-refractivity contribution in [1.82, 2.24) is 20.0 Å². The molecule has 2 N–H and O–H groups in total. The summed E-state index contributed by atoms with van der Waals surface area (Å²) in [4.78, 5) is 16.4. The molecule has 1 atom stereocenters. The van der Waals surface area contributed by atoms with Crippen LogP contribution in [0, 0.1) is 24.5 Å². The van der Waals surface area contributed by atoms with Crippen LogP contribution in [0.1, 0.15) is 40.9 Å². The zero-order valence-electron chi connectivity index (χ0n) is 17.3. The largest absolute Gasteiger partial charge is 0.355 e. The monoisotopic (exact) mass is 412 g/mol. The molecule has 1 aromatic carbocycles. The van der Waals surface area contributed by atoms with Crippen molar-refractivity contribution < 1.29 is 13.6 Å². The Morgan fingerprint density at radius 1 is 1.27 bits per heavy atom. The molecule has 1 saturated heterocycles. The summed E-state index contributed by atoms with van der Waals surface area (Å²) >= 11 is 0. The number of carbonyl (C=O) groups excluding carboxylic acids is 1. The zero-order valence-corrected chi connectivity index (χ0v) is 17.3. The van der Waals surface area contributed by atoms with Gasteiger partial charge in [-0.2, -0.15) is 0 Å². The molecule has 0 aliphatic carbocycles. The van der Waals surface area contributed by atoms with Gasteiger partial charge in [0, 0.05) is 18.8 Å². The lowest BCUT2D eigenvalue weighted by molar-refractivity contribution is 0.0962. The molecular formula is C23H26F2N4O. The first-order valence-electron chi connectivity index (χ1n) is 10.4. The molecule has 4 rings (SSSR count). The third kappa shape index (κ3) is 3.94. The van der Waals surface area contributed by atoms with Gasteiger partial charge < -0.3 is 15.0 Å². The zero-order chi connectivity index (χ0) is 21.3. The van der Waals surface area contributed by atoms with Gasteiger partial charge in [0.2, 0.25) is 0 Å². The SMILES string of the molecule is CNC(=O)c1cc(F)c(-c2nc3cc(C)ccn3c2CC2CCCCNC2)c(F)c1. The van der Waals surface area contributed by atoms with Crippen LogP contribution in [0.15, 0.2) is 30.5 Å². The predicted octanol–water partition coefficient (Wildman–Crippen LogP) is 3.88. The topological polar surface area (TPSA) is 58.4 Å². The summed E-state index contributed by atoms with van der Waals surface area (Å²) in [5.74, 6) is -1.73. The van der Waals surface area contributed by atoms with Crippen molar-refractivity contribution in [3.8, 4) is 11.3 Å². The Morgan fingerprint density at radius 3 is 2.77 bits per heavy atom. The number of fused-ring (bicyclic) bond motifs is 1. The summed E-state index contributed by atoms with van der Waals surface area (Å²) in [5, 5.41) is 5.85. The van der Waals surface area contributed by atoms with Crippen LogP contribution in [-0.2, 0) is 6.42 Å². The number of nitrogens with zero attached hydrogens (tertiary/aromatic N) is 2. The highest BCUT2D eigenvalue weighted by atomic mass is 19.1. The van der Waals surface area contributed by atoms with Crippen molar-refractivity contribution >= 4 is 11.6 Å². The summed E-state index contributed by atoms with van der Waals surface area (Å²) < 4.78 is 32.0. The van der Waals surface area contributed by atoms with Crippen molar-refractivity contribution in [3.63, 3.8) is 0 Å². The minimum Gasteiger partial charge on any atom is -0.355 e. The average molecular weight is 412 g/mol. The van der Waals surface area contributed by atoms with Gasteiger partial charge in [0.05, 0.1) is 17.0 Å². The van der Waals surface area contributed by atoms with Gasteiger partial charge in [-0.15, -0.1) is 0 Å². The number of halogens is 2. The highest BCUT2D eigenvalue weighted by molar-refractivity contribution is 5.94. The Kier molecular flexibility index (Phi) is 5.81. The van der Waals surface area contributed by atoms with Crippen molar-refractivity contribution in [1.29, 1.82) is 0 Å². The standard InChI is InChI=1S/C23H26F2N4O/c1-14-6-8-29-19(10-15-5-3-4-7-27-13-15)22(28-20(29)9-14)21-17(24)11-16(12-18(21)25)23(30)26-2/h6,8-9,11-12,15,27H,3-5,7,10,13H2,1-2H3,(H,26,30). The molecule has 1 unspecified atom stereocenters. The molecule has 7 heteroatoms. The number of hydrogen-bond acceptors (Lipinski definition) is 3. The maximum atomic E-state index is 15.0. The number of imidazole rings is 1. The van der Waals surface area contributed by atoms with Gasteiger partial charge in [-0.1, -0.05) is 6.42 Å². The molecule has 0 spiro atoms. The molecule has 1 aliphatic heterocycles. The van der Waals surface area contributed by atoms with Crippen LogP contribution in [0.4, 0.5) is 8.78 Å². The van der Waals surface area contributed by atoms with E-state index in [2.05, 4.69) is 15.6 Å². The molecule has 1 fully saturated rings. The van der Waals surface area contributed by atoms with E-state index in [4.69, 9.17) is 0 Å². The smallest absolute Gasteiger partial charge is 0.251 e. The third-order valence-corrected chi connectivity index (χ3v) is 5.78. The number of carbonyl (C=O) groups is 1. The quantitative estimate of drug-likeness (QED) is 0.684. The first-order chi connectivity index (χ1) is 14.5. The molecule has 0 bridgehead atoms. The number of pyridine rings is 1. The number of benzene rings is 1. The maximum Gasteiger partial charge on any atom is 0.251 e. The second-order valence-electron chi connectivity index (χ2n) is 8.00. The van der Waals surface area contributed by atoms with E-state index in [0.717, 1.165) is 55.7 Å². The number of hydrogen-bond donors (Lipinski definition) is 2. The fourth-order valence-electron chi connectivity index (χ4n) is 4.21. The van der Waals surface area contributed by atoms with Gasteiger partial charge >= 0.3 is 0 Å². The molecule has 5 nitrogen and oxygen atoms in total. The van der Waals surface area contributed by atoms with E-state index in [0.29, 0.717) is 23.7 Å². The first kappa shape index (κ1) is 20.5. The van der Waals surface area contributed by atoms with E-state index < -0.39 is 17.5 Å². The van der Waals surface area contributed by atoms with E-state index in [-0.39, 0.29) is 11.1 Å². The van der Waals surface area contributed by atoms with Crippen molar-refractivity contribution in [2.75, 3.05) is 20.1 Å². The number of amides is 1. The van der Waals surface area contributed by atoms with Crippen molar-refractivity contribution in [3.05, 3.63) is 58.9 Å². The molecular weight excluding hydrogens is 386 g/mol. The number of nitrogens with one attached hydrogen (secondary N) is 2. The Balaban J connectivity index is 1.85. The van der Waals surface area contributed by atoms with Crippen LogP contribution in [0.25, 0.3) is 16.9 Å². The fourth-order valence-corrected chi connectivity index (χ4v) is 4.21. The molecule has 0 radical (unpaired) electrons. The molecule has 2 aromatic heterocycles. The van der Waals surface area contributed by atoms with Gasteiger partial charge in [-0.25, -0.2) is 13.8 Å². The molecule has 30 heavy (non-hydrogen) atoms. The summed E-state index contributed by atoms with van der Waals surface area (Å²) in [5.41, 5.74) is 2.56. The van der Waals surface area contributed by atoms with E-state index in [1.165, 1.54) is 7.05 Å². The van der Waals surface area contributed by atoms with Crippen LogP contribution in [-0.4, -0.2) is 35.4 Å². The second-order valence-corrected chi connectivity index (χ2v) is 8.00. The van der Waals surface area contributed by atoms with Crippen LogP contribution in [0.2, 0.25) is 0 Å². The molecule has 3 aromatic rings. The summed E-state index contributed by atoms with van der Waals surface area (Å²) in [6, 6.07) is 6.02. The molecule has 158 valence electrons.